The van der Waals surface area contributed by atoms with Crippen LogP contribution < -0.4 is 5.32 Å². The zero-order chi connectivity index (χ0) is 11.3. The second-order valence-electron chi connectivity index (χ2n) is 4.64. The van der Waals surface area contributed by atoms with E-state index < -0.39 is 0 Å². The number of amides is 1. The Morgan fingerprint density at radius 1 is 1.47 bits per heavy atom. The molecule has 88 valence electrons. The summed E-state index contributed by atoms with van der Waals surface area (Å²) in [5, 5.41) is 2.72. The molecule has 4 heteroatoms. The summed E-state index contributed by atoms with van der Waals surface area (Å²) in [5.41, 5.74) is 0. The predicted octanol–water partition coefficient (Wildman–Crippen LogP) is 1.46. The van der Waals surface area contributed by atoms with Gasteiger partial charge in [0.25, 0.3) is 0 Å². The molecule has 1 aliphatic heterocycles. The van der Waals surface area contributed by atoms with Gasteiger partial charge in [-0.1, -0.05) is 0 Å². The molecule has 0 aliphatic carbocycles. The molecule has 4 nitrogen and oxygen atoms in total. The lowest BCUT2D eigenvalue weighted by molar-refractivity contribution is 0.101. The number of carbonyl (C=O) groups excluding carboxylic acids is 1. The van der Waals surface area contributed by atoms with Crippen LogP contribution in [0.3, 0.4) is 0 Å². The molecule has 0 aromatic carbocycles. The third kappa shape index (κ3) is 5.02. The molecule has 1 amide bonds. The molecule has 0 bridgehead atoms. The van der Waals surface area contributed by atoms with Crippen LogP contribution in [0.4, 0.5) is 4.79 Å². The average molecular weight is 214 g/mol. The van der Waals surface area contributed by atoms with Crippen molar-refractivity contribution in [1.29, 1.82) is 0 Å². The molecule has 1 N–H and O–H groups in total. The van der Waals surface area contributed by atoms with E-state index in [-0.39, 0.29) is 12.1 Å². The van der Waals surface area contributed by atoms with Crippen LogP contribution in [0.2, 0.25) is 0 Å². The molecule has 0 radical (unpaired) electrons. The first kappa shape index (κ1) is 12.3. The lowest BCUT2D eigenvalue weighted by Crippen LogP contribution is -2.35. The van der Waals surface area contributed by atoms with Gasteiger partial charge in [-0.15, -0.1) is 0 Å². The molecule has 15 heavy (non-hydrogen) atoms. The van der Waals surface area contributed by atoms with Crippen molar-refractivity contribution in [3.8, 4) is 0 Å². The summed E-state index contributed by atoms with van der Waals surface area (Å²) in [6.45, 7) is 6.64. The van der Waals surface area contributed by atoms with Gasteiger partial charge in [0.05, 0.1) is 6.61 Å². The highest BCUT2D eigenvalue weighted by Crippen LogP contribution is 2.15. The van der Waals surface area contributed by atoms with Gasteiger partial charge >= 0.3 is 6.09 Å². The summed E-state index contributed by atoms with van der Waals surface area (Å²) in [6.07, 6.45) is 1.97. The normalized spacial score (nSPS) is 19.2. The minimum Gasteiger partial charge on any atom is -0.449 e. The van der Waals surface area contributed by atoms with Crippen molar-refractivity contribution in [2.24, 2.45) is 5.92 Å². The number of nitrogens with zero attached hydrogens (tertiary/aromatic N) is 1. The molecule has 0 saturated carbocycles. The van der Waals surface area contributed by atoms with Gasteiger partial charge in [0.15, 0.2) is 0 Å². The van der Waals surface area contributed by atoms with E-state index >= 15 is 0 Å². The van der Waals surface area contributed by atoms with Crippen molar-refractivity contribution < 1.29 is 9.53 Å². The van der Waals surface area contributed by atoms with Gasteiger partial charge in [0, 0.05) is 6.04 Å². The number of rotatable bonds is 3. The minimum absolute atomic E-state index is 0.148. The van der Waals surface area contributed by atoms with Crippen molar-refractivity contribution in [3.05, 3.63) is 0 Å². The van der Waals surface area contributed by atoms with E-state index in [1.807, 2.05) is 13.8 Å². The van der Waals surface area contributed by atoms with Crippen LogP contribution in [0.5, 0.6) is 0 Å². The fourth-order valence-corrected chi connectivity index (χ4v) is 1.70. The summed E-state index contributed by atoms with van der Waals surface area (Å²) < 4.78 is 5.16. The Labute approximate surface area is 92.0 Å². The van der Waals surface area contributed by atoms with Gasteiger partial charge in [-0.05, 0) is 52.7 Å². The van der Waals surface area contributed by atoms with Crippen LogP contribution in [-0.2, 0) is 4.74 Å². The lowest BCUT2D eigenvalue weighted by atomic mass is 9.98. The largest absolute Gasteiger partial charge is 0.449 e. The van der Waals surface area contributed by atoms with E-state index in [9.17, 15) is 4.79 Å². The molecular formula is C11H22N2O2. The summed E-state index contributed by atoms with van der Waals surface area (Å²) in [7, 11) is 2.13. The van der Waals surface area contributed by atoms with Crippen LogP contribution in [0.25, 0.3) is 0 Å². The molecule has 0 aromatic rings. The number of alkyl carbamates (subject to hydrolysis) is 1. The minimum atomic E-state index is -0.288. The molecule has 1 fully saturated rings. The second-order valence-corrected chi connectivity index (χ2v) is 4.64. The molecule has 0 aromatic heterocycles. The number of likely N-dealkylation sites (tertiary alicyclic amines) is 1. The number of nitrogens with one attached hydrogen (secondary N) is 1. The topological polar surface area (TPSA) is 41.6 Å². The van der Waals surface area contributed by atoms with Crippen molar-refractivity contribution in [1.82, 2.24) is 10.2 Å². The van der Waals surface area contributed by atoms with E-state index in [0.717, 1.165) is 25.9 Å². The quantitative estimate of drug-likeness (QED) is 0.773. The van der Waals surface area contributed by atoms with Gasteiger partial charge in [-0.25, -0.2) is 4.79 Å². The Bertz CT molecular complexity index is 199. The first-order valence-electron chi connectivity index (χ1n) is 5.69. The molecule has 0 atom stereocenters. The summed E-state index contributed by atoms with van der Waals surface area (Å²) in [5.74, 6) is 0.541. The maximum atomic E-state index is 11.2. The van der Waals surface area contributed by atoms with Crippen molar-refractivity contribution >= 4 is 6.09 Å². The Morgan fingerprint density at radius 2 is 2.07 bits per heavy atom. The van der Waals surface area contributed by atoms with Crippen molar-refractivity contribution in [2.45, 2.75) is 32.7 Å². The highest BCUT2D eigenvalue weighted by molar-refractivity contribution is 5.67. The molecule has 1 heterocycles. The highest BCUT2D eigenvalue weighted by Gasteiger charge is 2.18. The molecule has 1 saturated heterocycles. The SMILES string of the molecule is CC(C)NC(=O)OCC1CCN(C)CC1. The summed E-state index contributed by atoms with van der Waals surface area (Å²) in [6, 6.07) is 0.148. The number of piperidine rings is 1. The van der Waals surface area contributed by atoms with E-state index in [0.29, 0.717) is 12.5 Å². The zero-order valence-electron chi connectivity index (χ0n) is 9.95. The van der Waals surface area contributed by atoms with Gasteiger partial charge in [-0.3, -0.25) is 0 Å². The summed E-state index contributed by atoms with van der Waals surface area (Å²) >= 11 is 0. The first-order valence-corrected chi connectivity index (χ1v) is 5.69. The van der Waals surface area contributed by atoms with Gasteiger partial charge in [-0.2, -0.15) is 0 Å². The number of hydrogen-bond acceptors (Lipinski definition) is 3. The third-order valence-corrected chi connectivity index (χ3v) is 2.69. The highest BCUT2D eigenvalue weighted by atomic mass is 16.5. The van der Waals surface area contributed by atoms with Crippen molar-refractivity contribution in [3.63, 3.8) is 0 Å². The predicted molar refractivity (Wildman–Crippen MR) is 59.8 cm³/mol. The molecule has 1 aliphatic rings. The summed E-state index contributed by atoms with van der Waals surface area (Å²) in [4.78, 5) is 13.5. The molecular weight excluding hydrogens is 192 g/mol. The van der Waals surface area contributed by atoms with E-state index in [1.54, 1.807) is 0 Å². The number of ether oxygens (including phenoxy) is 1. The van der Waals surface area contributed by atoms with Crippen LogP contribution >= 0.6 is 0 Å². The van der Waals surface area contributed by atoms with Crippen molar-refractivity contribution in [2.75, 3.05) is 26.7 Å². The monoisotopic (exact) mass is 214 g/mol. The number of hydrogen-bond donors (Lipinski definition) is 1. The fraction of sp³-hybridized carbons (Fsp3) is 0.909. The van der Waals surface area contributed by atoms with Crippen LogP contribution in [0.15, 0.2) is 0 Å². The zero-order valence-corrected chi connectivity index (χ0v) is 9.95. The fourth-order valence-electron chi connectivity index (χ4n) is 1.70. The maximum absolute atomic E-state index is 11.2. The van der Waals surface area contributed by atoms with Crippen LogP contribution in [-0.4, -0.2) is 43.8 Å². The van der Waals surface area contributed by atoms with Gasteiger partial charge in [0.2, 0.25) is 0 Å². The lowest BCUT2D eigenvalue weighted by Gasteiger charge is -2.28. The Balaban J connectivity index is 2.12. The first-order chi connectivity index (χ1) is 7.08. The third-order valence-electron chi connectivity index (χ3n) is 2.69. The number of carbonyl (C=O) groups is 1. The van der Waals surface area contributed by atoms with E-state index in [1.165, 1.54) is 0 Å². The Morgan fingerprint density at radius 3 is 2.60 bits per heavy atom. The van der Waals surface area contributed by atoms with E-state index in [4.69, 9.17) is 4.74 Å². The van der Waals surface area contributed by atoms with Gasteiger partial charge < -0.3 is 15.0 Å². The Kier molecular flexibility index (Phi) is 4.88. The van der Waals surface area contributed by atoms with Crippen LogP contribution in [0, 0.1) is 5.92 Å². The van der Waals surface area contributed by atoms with E-state index in [2.05, 4.69) is 17.3 Å². The van der Waals surface area contributed by atoms with Gasteiger partial charge in [0.1, 0.15) is 0 Å². The average Bonchev–Trinajstić information content (AvgIpc) is 2.16. The molecule has 1 rings (SSSR count). The second kappa shape index (κ2) is 5.95. The standard InChI is InChI=1S/C11H22N2O2/c1-9(2)12-11(14)15-8-10-4-6-13(3)7-5-10/h9-10H,4-8H2,1-3H3,(H,12,14). The van der Waals surface area contributed by atoms with Crippen LogP contribution in [0.1, 0.15) is 26.7 Å². The molecule has 0 spiro atoms. The maximum Gasteiger partial charge on any atom is 0.407 e. The Hall–Kier alpha value is -0.770. The molecule has 0 unspecified atom stereocenters. The smallest absolute Gasteiger partial charge is 0.407 e.